The fourth-order valence-electron chi connectivity index (χ4n) is 2.37. The molecule has 0 atom stereocenters. The number of benzene rings is 2. The smallest absolute Gasteiger partial charge is 0.279 e. The summed E-state index contributed by atoms with van der Waals surface area (Å²) < 4.78 is 27.8. The van der Waals surface area contributed by atoms with E-state index in [9.17, 15) is 13.2 Å². The van der Waals surface area contributed by atoms with Gasteiger partial charge in [-0.2, -0.15) is 13.5 Å². The van der Waals surface area contributed by atoms with Gasteiger partial charge in [0.2, 0.25) is 0 Å². The van der Waals surface area contributed by atoms with Gasteiger partial charge in [0.25, 0.3) is 15.9 Å². The van der Waals surface area contributed by atoms with E-state index in [1.54, 1.807) is 48.2 Å². The van der Waals surface area contributed by atoms with Crippen LogP contribution in [0.4, 0.5) is 11.4 Å². The lowest BCUT2D eigenvalue weighted by molar-refractivity contribution is 0.102. The van der Waals surface area contributed by atoms with E-state index in [0.29, 0.717) is 11.4 Å². The number of H-pyrrole nitrogens is 1. The van der Waals surface area contributed by atoms with E-state index in [4.69, 9.17) is 0 Å². The number of aromatic amines is 1. The Balaban J connectivity index is 1.83. The molecule has 27 heavy (non-hydrogen) atoms. The Morgan fingerprint density at radius 2 is 1.85 bits per heavy atom. The van der Waals surface area contributed by atoms with Crippen LogP contribution in [0.3, 0.4) is 0 Å². The van der Waals surface area contributed by atoms with E-state index in [-0.39, 0.29) is 10.6 Å². The molecule has 0 radical (unpaired) electrons. The molecule has 0 saturated carbocycles. The first-order valence-electron chi connectivity index (χ1n) is 7.97. The number of hydrogen-bond donors (Lipinski definition) is 3. The van der Waals surface area contributed by atoms with Crippen molar-refractivity contribution in [2.24, 2.45) is 0 Å². The number of anilines is 2. The number of aryl methyl sites for hydroxylation is 1. The summed E-state index contributed by atoms with van der Waals surface area (Å²) in [7, 11) is -4.00. The number of rotatable bonds is 6. The van der Waals surface area contributed by atoms with Crippen molar-refractivity contribution in [1.82, 2.24) is 10.2 Å². The van der Waals surface area contributed by atoms with E-state index in [0.717, 1.165) is 10.5 Å². The highest BCUT2D eigenvalue weighted by atomic mass is 32.2. The summed E-state index contributed by atoms with van der Waals surface area (Å²) in [6, 6.07) is 14.1. The second-order valence-electron chi connectivity index (χ2n) is 5.77. The molecule has 0 spiro atoms. The maximum absolute atomic E-state index is 12.7. The van der Waals surface area contributed by atoms with Crippen LogP contribution in [-0.2, 0) is 10.0 Å². The van der Waals surface area contributed by atoms with Gasteiger partial charge in [-0.05, 0) is 43.5 Å². The normalized spacial score (nSPS) is 11.2. The number of carbonyl (C=O) groups is 1. The maximum Gasteiger partial charge on any atom is 0.279 e. The summed E-state index contributed by atoms with van der Waals surface area (Å²) in [6.45, 7) is 1.90. The van der Waals surface area contributed by atoms with Gasteiger partial charge in [0.1, 0.15) is 0 Å². The predicted octanol–water partition coefficient (Wildman–Crippen LogP) is 3.49. The van der Waals surface area contributed by atoms with Gasteiger partial charge in [-0.15, -0.1) is 11.8 Å². The molecule has 0 aliphatic heterocycles. The van der Waals surface area contributed by atoms with Crippen molar-refractivity contribution < 1.29 is 13.2 Å². The van der Waals surface area contributed by atoms with Crippen molar-refractivity contribution in [1.29, 1.82) is 0 Å². The predicted molar refractivity (Wildman–Crippen MR) is 107 cm³/mol. The molecule has 0 unspecified atom stereocenters. The monoisotopic (exact) mass is 402 g/mol. The molecular formula is C18H18N4O3S2. The van der Waals surface area contributed by atoms with Crippen LogP contribution in [0, 0.1) is 6.92 Å². The number of nitrogens with one attached hydrogen (secondary N) is 3. The lowest BCUT2D eigenvalue weighted by atomic mass is 10.2. The summed E-state index contributed by atoms with van der Waals surface area (Å²) in [4.78, 5) is 13.5. The standard InChI is InChI=1S/C18H18N4O3S2/c1-12-6-8-13(9-7-12)22-27(24,25)18-16(11-19-21-18)17(23)20-14-4-3-5-15(10-14)26-2/h3-11,22H,1-2H3,(H,19,21)(H,20,23). The Labute approximate surface area is 161 Å². The Morgan fingerprint density at radius 3 is 2.56 bits per heavy atom. The molecule has 0 fully saturated rings. The number of thioether (sulfide) groups is 1. The molecule has 140 valence electrons. The number of amides is 1. The third-order valence-corrected chi connectivity index (χ3v) is 5.83. The first-order chi connectivity index (χ1) is 12.9. The van der Waals surface area contributed by atoms with Crippen LogP contribution in [0.5, 0.6) is 0 Å². The lowest BCUT2D eigenvalue weighted by Gasteiger charge is -2.09. The van der Waals surface area contributed by atoms with Crippen molar-refractivity contribution in [3.63, 3.8) is 0 Å². The molecule has 0 aliphatic carbocycles. The SMILES string of the molecule is CSc1cccc(NC(=O)c2cn[nH]c2S(=O)(=O)Nc2ccc(C)cc2)c1. The van der Waals surface area contributed by atoms with Gasteiger partial charge >= 0.3 is 0 Å². The van der Waals surface area contributed by atoms with Gasteiger partial charge in [0.15, 0.2) is 5.03 Å². The van der Waals surface area contributed by atoms with Gasteiger partial charge in [0, 0.05) is 16.3 Å². The molecular weight excluding hydrogens is 384 g/mol. The molecule has 0 saturated heterocycles. The van der Waals surface area contributed by atoms with E-state index >= 15 is 0 Å². The largest absolute Gasteiger partial charge is 0.322 e. The van der Waals surface area contributed by atoms with Gasteiger partial charge in [0.05, 0.1) is 11.8 Å². The molecule has 1 heterocycles. The minimum atomic E-state index is -4.00. The van der Waals surface area contributed by atoms with Gasteiger partial charge in [-0.1, -0.05) is 23.8 Å². The zero-order chi connectivity index (χ0) is 19.4. The molecule has 1 aromatic heterocycles. The summed E-state index contributed by atoms with van der Waals surface area (Å²) in [5.74, 6) is -0.564. The molecule has 3 N–H and O–H groups in total. The first-order valence-corrected chi connectivity index (χ1v) is 10.7. The van der Waals surface area contributed by atoms with Gasteiger partial charge in [-0.3, -0.25) is 14.6 Å². The molecule has 0 aliphatic rings. The molecule has 7 nitrogen and oxygen atoms in total. The third kappa shape index (κ3) is 4.50. The number of aromatic nitrogens is 2. The quantitative estimate of drug-likeness (QED) is 0.548. The van der Waals surface area contributed by atoms with Crippen molar-refractivity contribution in [3.8, 4) is 0 Å². The molecule has 2 aromatic carbocycles. The van der Waals surface area contributed by atoms with Crippen molar-refractivity contribution in [2.45, 2.75) is 16.8 Å². The average Bonchev–Trinajstić information content (AvgIpc) is 3.15. The van der Waals surface area contributed by atoms with Crippen molar-refractivity contribution in [3.05, 3.63) is 65.9 Å². The zero-order valence-corrected chi connectivity index (χ0v) is 16.3. The molecule has 1 amide bonds. The fourth-order valence-corrected chi connectivity index (χ4v) is 3.98. The van der Waals surface area contributed by atoms with Crippen molar-refractivity contribution >= 4 is 39.1 Å². The van der Waals surface area contributed by atoms with Crippen LogP contribution in [0.2, 0.25) is 0 Å². The zero-order valence-electron chi connectivity index (χ0n) is 14.7. The topological polar surface area (TPSA) is 104 Å². The van der Waals surface area contributed by atoms with Crippen LogP contribution in [0.1, 0.15) is 15.9 Å². The highest BCUT2D eigenvalue weighted by Gasteiger charge is 2.25. The lowest BCUT2D eigenvalue weighted by Crippen LogP contribution is -2.19. The molecule has 9 heteroatoms. The number of sulfonamides is 1. The second kappa shape index (κ2) is 7.85. The minimum absolute atomic E-state index is 0.0656. The summed E-state index contributed by atoms with van der Waals surface area (Å²) in [6.07, 6.45) is 3.12. The van der Waals surface area contributed by atoms with E-state index < -0.39 is 15.9 Å². The maximum atomic E-state index is 12.7. The van der Waals surface area contributed by atoms with Crippen LogP contribution < -0.4 is 10.0 Å². The van der Waals surface area contributed by atoms with E-state index in [1.807, 2.05) is 25.3 Å². The molecule has 0 bridgehead atoms. The average molecular weight is 403 g/mol. The number of carbonyl (C=O) groups excluding carboxylic acids is 1. The van der Waals surface area contributed by atoms with Crippen LogP contribution in [-0.4, -0.2) is 30.8 Å². The summed E-state index contributed by atoms with van der Waals surface area (Å²) in [5.41, 5.74) is 1.91. The van der Waals surface area contributed by atoms with Crippen LogP contribution >= 0.6 is 11.8 Å². The molecule has 3 aromatic rings. The van der Waals surface area contributed by atoms with Gasteiger partial charge < -0.3 is 5.32 Å². The number of nitrogens with zero attached hydrogens (tertiary/aromatic N) is 1. The highest BCUT2D eigenvalue weighted by molar-refractivity contribution is 7.98. The van der Waals surface area contributed by atoms with Gasteiger partial charge in [-0.25, -0.2) is 0 Å². The first kappa shape index (κ1) is 19.0. The Bertz CT molecular complexity index is 1060. The third-order valence-electron chi connectivity index (χ3n) is 3.75. The Kier molecular flexibility index (Phi) is 5.52. The summed E-state index contributed by atoms with van der Waals surface area (Å²) >= 11 is 1.54. The second-order valence-corrected chi connectivity index (χ2v) is 8.27. The summed E-state index contributed by atoms with van der Waals surface area (Å²) in [5, 5.41) is 8.54. The van der Waals surface area contributed by atoms with Crippen LogP contribution in [0.15, 0.2) is 64.6 Å². The van der Waals surface area contributed by atoms with E-state index in [2.05, 4.69) is 20.2 Å². The van der Waals surface area contributed by atoms with Crippen LogP contribution in [0.25, 0.3) is 0 Å². The van der Waals surface area contributed by atoms with E-state index in [1.165, 1.54) is 6.20 Å². The highest BCUT2D eigenvalue weighted by Crippen LogP contribution is 2.22. The molecule has 3 rings (SSSR count). The Morgan fingerprint density at radius 1 is 1.11 bits per heavy atom. The Hall–Kier alpha value is -2.78. The minimum Gasteiger partial charge on any atom is -0.322 e. The number of hydrogen-bond acceptors (Lipinski definition) is 5. The van der Waals surface area contributed by atoms with Crippen molar-refractivity contribution in [2.75, 3.05) is 16.3 Å². The fraction of sp³-hybridized carbons (Fsp3) is 0.111.